The van der Waals surface area contributed by atoms with Gasteiger partial charge in [-0.05, 0) is 5.92 Å². The molecule has 0 fully saturated rings. The Morgan fingerprint density at radius 3 is 2.36 bits per heavy atom. The van der Waals surface area contributed by atoms with Crippen LogP contribution in [0.4, 0.5) is 11.5 Å². The van der Waals surface area contributed by atoms with Crippen LogP contribution >= 0.6 is 0 Å². The molecule has 4 heteroatoms. The minimum Gasteiger partial charge on any atom is -0.394 e. The molecule has 60 valence electrons. The minimum atomic E-state index is 0.292. The van der Waals surface area contributed by atoms with Crippen LogP contribution in [0, 0.1) is 0 Å². The molecule has 0 aliphatic heterocycles. The van der Waals surface area contributed by atoms with Crippen LogP contribution in [0.25, 0.3) is 0 Å². The van der Waals surface area contributed by atoms with Crippen LogP contribution in [0.3, 0.4) is 0 Å². The lowest BCUT2D eigenvalue weighted by Crippen LogP contribution is -2.05. The maximum atomic E-state index is 5.63. The lowest BCUT2D eigenvalue weighted by atomic mass is 10.1. The number of aromatic nitrogens is 2. The van der Waals surface area contributed by atoms with Crippen molar-refractivity contribution in [2.75, 3.05) is 11.5 Å². The van der Waals surface area contributed by atoms with E-state index < -0.39 is 0 Å². The van der Waals surface area contributed by atoms with Crippen LogP contribution in [-0.4, -0.2) is 9.97 Å². The van der Waals surface area contributed by atoms with Gasteiger partial charge in [-0.1, -0.05) is 13.8 Å². The fourth-order valence-electron chi connectivity index (χ4n) is 0.884. The molecule has 0 spiro atoms. The fourth-order valence-corrected chi connectivity index (χ4v) is 0.884. The second kappa shape index (κ2) is 2.74. The minimum absolute atomic E-state index is 0.292. The van der Waals surface area contributed by atoms with Crippen LogP contribution in [0.1, 0.15) is 25.5 Å². The zero-order valence-electron chi connectivity index (χ0n) is 6.70. The van der Waals surface area contributed by atoms with E-state index >= 15 is 0 Å². The summed E-state index contributed by atoms with van der Waals surface area (Å²) in [5, 5.41) is 0. The van der Waals surface area contributed by atoms with Gasteiger partial charge in [-0.25, -0.2) is 9.97 Å². The van der Waals surface area contributed by atoms with Gasteiger partial charge in [-0.2, -0.15) is 0 Å². The largest absolute Gasteiger partial charge is 0.394 e. The predicted octanol–water partition coefficient (Wildman–Crippen LogP) is 0.764. The zero-order chi connectivity index (χ0) is 8.43. The van der Waals surface area contributed by atoms with Crippen molar-refractivity contribution < 1.29 is 0 Å². The molecular weight excluding hydrogens is 140 g/mol. The normalized spacial score (nSPS) is 10.5. The third kappa shape index (κ3) is 1.39. The average Bonchev–Trinajstić information content (AvgIpc) is 1.94. The molecule has 0 saturated heterocycles. The van der Waals surface area contributed by atoms with E-state index in [0.717, 1.165) is 5.69 Å². The number of hydrogen-bond donors (Lipinski definition) is 2. The molecule has 1 aromatic rings. The Kier molecular flexibility index (Phi) is 1.94. The predicted molar refractivity (Wildman–Crippen MR) is 44.9 cm³/mol. The summed E-state index contributed by atoms with van der Waals surface area (Å²) < 4.78 is 0. The van der Waals surface area contributed by atoms with Gasteiger partial charge in [0.25, 0.3) is 0 Å². The second-order valence-electron chi connectivity index (χ2n) is 2.71. The molecule has 0 amide bonds. The third-order valence-corrected chi connectivity index (χ3v) is 1.49. The Morgan fingerprint density at radius 2 is 1.91 bits per heavy atom. The molecule has 0 saturated carbocycles. The molecule has 0 aliphatic rings. The standard InChI is InChI=1S/C7H12N4/c1-4(2)6-5(8)7(9)11-3-10-6/h3-4H,8H2,1-2H3,(H2,9,10,11). The van der Waals surface area contributed by atoms with Gasteiger partial charge in [0.15, 0.2) is 0 Å². The Balaban J connectivity index is 3.17. The maximum absolute atomic E-state index is 5.63. The highest BCUT2D eigenvalue weighted by atomic mass is 14.9. The molecule has 0 atom stereocenters. The van der Waals surface area contributed by atoms with Gasteiger partial charge in [-0.3, -0.25) is 0 Å². The first-order valence-corrected chi connectivity index (χ1v) is 3.48. The summed E-state index contributed by atoms with van der Waals surface area (Å²) in [7, 11) is 0. The second-order valence-corrected chi connectivity index (χ2v) is 2.71. The van der Waals surface area contributed by atoms with E-state index in [1.54, 1.807) is 0 Å². The third-order valence-electron chi connectivity index (χ3n) is 1.49. The molecule has 4 nitrogen and oxygen atoms in total. The topological polar surface area (TPSA) is 77.8 Å². The summed E-state index contributed by atoms with van der Waals surface area (Å²) in [5.41, 5.74) is 12.4. The first kappa shape index (κ1) is 7.78. The van der Waals surface area contributed by atoms with Crippen LogP contribution in [-0.2, 0) is 0 Å². The molecule has 0 unspecified atom stereocenters. The van der Waals surface area contributed by atoms with Gasteiger partial charge in [0.1, 0.15) is 12.1 Å². The summed E-state index contributed by atoms with van der Waals surface area (Å²) in [6, 6.07) is 0. The van der Waals surface area contributed by atoms with E-state index in [9.17, 15) is 0 Å². The van der Waals surface area contributed by atoms with Crippen molar-refractivity contribution in [2.24, 2.45) is 0 Å². The first-order chi connectivity index (χ1) is 5.13. The highest BCUT2D eigenvalue weighted by Crippen LogP contribution is 2.21. The van der Waals surface area contributed by atoms with E-state index in [0.29, 0.717) is 17.4 Å². The van der Waals surface area contributed by atoms with Gasteiger partial charge in [0.2, 0.25) is 0 Å². The van der Waals surface area contributed by atoms with Crippen molar-refractivity contribution in [1.82, 2.24) is 9.97 Å². The number of nitrogen functional groups attached to an aromatic ring is 2. The van der Waals surface area contributed by atoms with Crippen molar-refractivity contribution >= 4 is 11.5 Å². The van der Waals surface area contributed by atoms with E-state index in [4.69, 9.17) is 11.5 Å². The molecule has 4 N–H and O–H groups in total. The smallest absolute Gasteiger partial charge is 0.150 e. The fraction of sp³-hybridized carbons (Fsp3) is 0.429. The Morgan fingerprint density at radius 1 is 1.27 bits per heavy atom. The number of rotatable bonds is 1. The monoisotopic (exact) mass is 152 g/mol. The summed E-state index contributed by atoms with van der Waals surface area (Å²) in [4.78, 5) is 7.79. The zero-order valence-corrected chi connectivity index (χ0v) is 6.70. The number of nitrogens with two attached hydrogens (primary N) is 2. The summed E-state index contributed by atoms with van der Waals surface area (Å²) in [6.45, 7) is 4.02. The van der Waals surface area contributed by atoms with E-state index in [1.165, 1.54) is 6.33 Å². The maximum Gasteiger partial charge on any atom is 0.150 e. The lowest BCUT2D eigenvalue weighted by molar-refractivity contribution is 0.820. The van der Waals surface area contributed by atoms with Crippen LogP contribution in [0.2, 0.25) is 0 Å². The van der Waals surface area contributed by atoms with Gasteiger partial charge in [0, 0.05) is 0 Å². The molecule has 1 rings (SSSR count). The summed E-state index contributed by atoms with van der Waals surface area (Å²) >= 11 is 0. The quantitative estimate of drug-likeness (QED) is 0.622. The number of anilines is 2. The van der Waals surface area contributed by atoms with Crippen molar-refractivity contribution in [3.05, 3.63) is 12.0 Å². The van der Waals surface area contributed by atoms with Gasteiger partial charge in [-0.15, -0.1) is 0 Å². The molecule has 0 bridgehead atoms. The van der Waals surface area contributed by atoms with Crippen molar-refractivity contribution in [2.45, 2.75) is 19.8 Å². The van der Waals surface area contributed by atoms with Crippen molar-refractivity contribution in [3.63, 3.8) is 0 Å². The molecule has 0 radical (unpaired) electrons. The molecule has 1 heterocycles. The SMILES string of the molecule is CC(C)c1ncnc(N)c1N. The van der Waals surface area contributed by atoms with E-state index in [2.05, 4.69) is 9.97 Å². The molecule has 11 heavy (non-hydrogen) atoms. The van der Waals surface area contributed by atoms with Gasteiger partial charge in [0.05, 0.1) is 11.4 Å². The van der Waals surface area contributed by atoms with Gasteiger partial charge >= 0.3 is 0 Å². The first-order valence-electron chi connectivity index (χ1n) is 3.48. The van der Waals surface area contributed by atoms with E-state index in [-0.39, 0.29) is 0 Å². The Hall–Kier alpha value is -1.32. The van der Waals surface area contributed by atoms with Crippen molar-refractivity contribution in [1.29, 1.82) is 0 Å². The Bertz CT molecular complexity index is 257. The molecule has 1 aromatic heterocycles. The average molecular weight is 152 g/mol. The lowest BCUT2D eigenvalue weighted by Gasteiger charge is -2.07. The van der Waals surface area contributed by atoms with Crippen LogP contribution < -0.4 is 11.5 Å². The van der Waals surface area contributed by atoms with Crippen molar-refractivity contribution in [3.8, 4) is 0 Å². The molecule has 0 aliphatic carbocycles. The molecular formula is C7H12N4. The molecule has 0 aromatic carbocycles. The summed E-state index contributed by atoms with van der Waals surface area (Å²) in [5.74, 6) is 0.656. The number of hydrogen-bond acceptors (Lipinski definition) is 4. The van der Waals surface area contributed by atoms with E-state index in [1.807, 2.05) is 13.8 Å². The summed E-state index contributed by atoms with van der Waals surface area (Å²) in [6.07, 6.45) is 1.43. The number of nitrogens with zero attached hydrogens (tertiary/aromatic N) is 2. The Labute approximate surface area is 65.6 Å². The van der Waals surface area contributed by atoms with Gasteiger partial charge < -0.3 is 11.5 Å². The van der Waals surface area contributed by atoms with Crippen LogP contribution in [0.5, 0.6) is 0 Å². The highest BCUT2D eigenvalue weighted by molar-refractivity contribution is 5.61. The van der Waals surface area contributed by atoms with Crippen LogP contribution in [0.15, 0.2) is 6.33 Å². The highest BCUT2D eigenvalue weighted by Gasteiger charge is 2.07.